The number of carbonyl (C=O) groups excluding carboxylic acids is 1. The van der Waals surface area contributed by atoms with Crippen molar-refractivity contribution < 1.29 is 4.79 Å². The molecule has 1 aliphatic rings. The Kier molecular flexibility index (Phi) is 6.76. The highest BCUT2D eigenvalue weighted by molar-refractivity contribution is 6.30. The molecule has 2 rings (SSSR count). The SMILES string of the molecule is Cc1cc(Cl)ccc1NC(=O)CN1CCNC[C@@H]1C.Cl. The second-order valence-corrected chi connectivity index (χ2v) is 5.47. The van der Waals surface area contributed by atoms with Crippen molar-refractivity contribution in [3.8, 4) is 0 Å². The summed E-state index contributed by atoms with van der Waals surface area (Å²) in [5.74, 6) is 0.0270. The summed E-state index contributed by atoms with van der Waals surface area (Å²) in [4.78, 5) is 14.2. The molecular formula is C14H21Cl2N3O. The minimum absolute atomic E-state index is 0. The molecule has 2 N–H and O–H groups in total. The smallest absolute Gasteiger partial charge is 0.238 e. The lowest BCUT2D eigenvalue weighted by Crippen LogP contribution is -2.52. The minimum atomic E-state index is 0. The van der Waals surface area contributed by atoms with Crippen molar-refractivity contribution >= 4 is 35.6 Å². The fourth-order valence-corrected chi connectivity index (χ4v) is 2.49. The van der Waals surface area contributed by atoms with Crippen LogP contribution in [0, 0.1) is 6.92 Å². The van der Waals surface area contributed by atoms with Crippen LogP contribution in [0.5, 0.6) is 0 Å². The van der Waals surface area contributed by atoms with Gasteiger partial charge in [-0.3, -0.25) is 9.69 Å². The number of nitrogens with one attached hydrogen (secondary N) is 2. The molecular weight excluding hydrogens is 297 g/mol. The monoisotopic (exact) mass is 317 g/mol. The Balaban J connectivity index is 0.00000200. The average molecular weight is 318 g/mol. The molecule has 0 saturated carbocycles. The third-order valence-corrected chi connectivity index (χ3v) is 3.68. The molecule has 1 heterocycles. The Morgan fingerprint density at radius 2 is 2.30 bits per heavy atom. The van der Waals surface area contributed by atoms with Crippen molar-refractivity contribution in [2.24, 2.45) is 0 Å². The number of aryl methyl sites for hydroxylation is 1. The van der Waals surface area contributed by atoms with Gasteiger partial charge in [0.25, 0.3) is 0 Å². The van der Waals surface area contributed by atoms with Gasteiger partial charge in [0.05, 0.1) is 6.54 Å². The van der Waals surface area contributed by atoms with Gasteiger partial charge in [-0.1, -0.05) is 11.6 Å². The number of carbonyl (C=O) groups is 1. The second kappa shape index (κ2) is 7.84. The topological polar surface area (TPSA) is 44.4 Å². The first-order chi connectivity index (χ1) is 9.06. The van der Waals surface area contributed by atoms with Gasteiger partial charge >= 0.3 is 0 Å². The zero-order valence-corrected chi connectivity index (χ0v) is 13.4. The Labute approximate surface area is 131 Å². The number of rotatable bonds is 3. The van der Waals surface area contributed by atoms with Crippen LogP contribution in [0.1, 0.15) is 12.5 Å². The van der Waals surface area contributed by atoms with Crippen LogP contribution in [0.4, 0.5) is 5.69 Å². The number of amides is 1. The van der Waals surface area contributed by atoms with Crippen molar-refractivity contribution in [2.45, 2.75) is 19.9 Å². The van der Waals surface area contributed by atoms with Gasteiger partial charge in [-0.05, 0) is 37.6 Å². The van der Waals surface area contributed by atoms with Crippen LogP contribution >= 0.6 is 24.0 Å². The summed E-state index contributed by atoms with van der Waals surface area (Å²) in [6.45, 7) is 7.30. The second-order valence-electron chi connectivity index (χ2n) is 5.03. The largest absolute Gasteiger partial charge is 0.325 e. The van der Waals surface area contributed by atoms with E-state index in [-0.39, 0.29) is 18.3 Å². The molecule has 1 aromatic rings. The summed E-state index contributed by atoms with van der Waals surface area (Å²) >= 11 is 5.90. The Hall–Kier alpha value is -0.810. The molecule has 0 bridgehead atoms. The molecule has 1 atom stereocenters. The normalized spacial score (nSPS) is 19.2. The van der Waals surface area contributed by atoms with Gasteiger partial charge in [0.1, 0.15) is 0 Å². The highest BCUT2D eigenvalue weighted by Crippen LogP contribution is 2.19. The maximum Gasteiger partial charge on any atom is 0.238 e. The van der Waals surface area contributed by atoms with Gasteiger partial charge in [-0.25, -0.2) is 0 Å². The summed E-state index contributed by atoms with van der Waals surface area (Å²) in [7, 11) is 0. The molecule has 0 aromatic heterocycles. The number of hydrogen-bond donors (Lipinski definition) is 2. The van der Waals surface area contributed by atoms with E-state index in [0.29, 0.717) is 17.6 Å². The predicted molar refractivity (Wildman–Crippen MR) is 86.0 cm³/mol. The molecule has 112 valence electrons. The molecule has 4 nitrogen and oxygen atoms in total. The van der Waals surface area contributed by atoms with Crippen LogP contribution < -0.4 is 10.6 Å². The standard InChI is InChI=1S/C14H20ClN3O.ClH/c1-10-7-12(15)3-4-13(10)17-14(19)9-18-6-5-16-8-11(18)2;/h3-4,7,11,16H,5-6,8-9H2,1-2H3,(H,17,19);1H/t11-;/m0./s1. The molecule has 0 aliphatic carbocycles. The molecule has 20 heavy (non-hydrogen) atoms. The molecule has 1 saturated heterocycles. The molecule has 0 spiro atoms. The summed E-state index contributed by atoms with van der Waals surface area (Å²) in [5.41, 5.74) is 1.81. The van der Waals surface area contributed by atoms with Crippen LogP contribution in [0.15, 0.2) is 18.2 Å². The number of nitrogens with zero attached hydrogens (tertiary/aromatic N) is 1. The minimum Gasteiger partial charge on any atom is -0.325 e. The van der Waals surface area contributed by atoms with Gasteiger partial charge in [0.2, 0.25) is 5.91 Å². The number of piperazine rings is 1. The predicted octanol–water partition coefficient (Wildman–Crippen LogP) is 2.30. The zero-order valence-electron chi connectivity index (χ0n) is 11.8. The quantitative estimate of drug-likeness (QED) is 0.899. The van der Waals surface area contributed by atoms with Crippen molar-refractivity contribution in [1.82, 2.24) is 10.2 Å². The summed E-state index contributed by atoms with van der Waals surface area (Å²) < 4.78 is 0. The van der Waals surface area contributed by atoms with Crippen LogP contribution in [0.2, 0.25) is 5.02 Å². The average Bonchev–Trinajstić information content (AvgIpc) is 2.36. The van der Waals surface area contributed by atoms with Gasteiger partial charge in [-0.15, -0.1) is 12.4 Å². The first kappa shape index (κ1) is 17.2. The van der Waals surface area contributed by atoms with Crippen LogP contribution in [-0.2, 0) is 4.79 Å². The third-order valence-electron chi connectivity index (χ3n) is 3.45. The van der Waals surface area contributed by atoms with Crippen LogP contribution in [0.3, 0.4) is 0 Å². The van der Waals surface area contributed by atoms with E-state index < -0.39 is 0 Å². The van der Waals surface area contributed by atoms with Crippen molar-refractivity contribution in [3.63, 3.8) is 0 Å². The lowest BCUT2D eigenvalue weighted by molar-refractivity contribution is -0.118. The molecule has 1 fully saturated rings. The number of anilines is 1. The number of benzene rings is 1. The number of halogens is 2. The van der Waals surface area contributed by atoms with E-state index in [1.807, 2.05) is 19.1 Å². The van der Waals surface area contributed by atoms with Crippen molar-refractivity contribution in [2.75, 3.05) is 31.5 Å². The lowest BCUT2D eigenvalue weighted by atomic mass is 10.2. The maximum absolute atomic E-state index is 12.1. The van der Waals surface area contributed by atoms with Gasteiger partial charge < -0.3 is 10.6 Å². The van der Waals surface area contributed by atoms with E-state index in [9.17, 15) is 4.79 Å². The van der Waals surface area contributed by atoms with Crippen LogP contribution in [-0.4, -0.2) is 43.0 Å². The van der Waals surface area contributed by atoms with E-state index >= 15 is 0 Å². The molecule has 1 amide bonds. The highest BCUT2D eigenvalue weighted by Gasteiger charge is 2.20. The molecule has 6 heteroatoms. The fourth-order valence-electron chi connectivity index (χ4n) is 2.26. The molecule has 0 radical (unpaired) electrons. The maximum atomic E-state index is 12.1. The summed E-state index contributed by atoms with van der Waals surface area (Å²) in [5, 5.41) is 6.95. The van der Waals surface area contributed by atoms with E-state index in [1.54, 1.807) is 6.07 Å². The highest BCUT2D eigenvalue weighted by atomic mass is 35.5. The van der Waals surface area contributed by atoms with E-state index in [1.165, 1.54) is 0 Å². The summed E-state index contributed by atoms with van der Waals surface area (Å²) in [6.07, 6.45) is 0. The zero-order chi connectivity index (χ0) is 13.8. The lowest BCUT2D eigenvalue weighted by Gasteiger charge is -2.33. The summed E-state index contributed by atoms with van der Waals surface area (Å²) in [6, 6.07) is 5.88. The Morgan fingerprint density at radius 1 is 1.55 bits per heavy atom. The van der Waals surface area contributed by atoms with Crippen LogP contribution in [0.25, 0.3) is 0 Å². The fraction of sp³-hybridized carbons (Fsp3) is 0.500. The van der Waals surface area contributed by atoms with Crippen molar-refractivity contribution in [3.05, 3.63) is 28.8 Å². The molecule has 0 unspecified atom stereocenters. The van der Waals surface area contributed by atoms with Gasteiger partial charge in [-0.2, -0.15) is 0 Å². The number of hydrogen-bond acceptors (Lipinski definition) is 3. The Bertz CT molecular complexity index is 468. The van der Waals surface area contributed by atoms with Gasteiger partial charge in [0, 0.05) is 36.4 Å². The van der Waals surface area contributed by atoms with E-state index in [0.717, 1.165) is 30.9 Å². The van der Waals surface area contributed by atoms with E-state index in [2.05, 4.69) is 22.5 Å². The first-order valence-corrected chi connectivity index (χ1v) is 6.95. The third kappa shape index (κ3) is 4.63. The van der Waals surface area contributed by atoms with Crippen molar-refractivity contribution in [1.29, 1.82) is 0 Å². The molecule has 1 aliphatic heterocycles. The Morgan fingerprint density at radius 3 is 2.95 bits per heavy atom. The molecule has 1 aromatic carbocycles. The first-order valence-electron chi connectivity index (χ1n) is 6.57. The van der Waals surface area contributed by atoms with Gasteiger partial charge in [0.15, 0.2) is 0 Å². The van der Waals surface area contributed by atoms with E-state index in [4.69, 9.17) is 11.6 Å².